The summed E-state index contributed by atoms with van der Waals surface area (Å²) in [6, 6.07) is 8.27. The van der Waals surface area contributed by atoms with Crippen LogP contribution in [0.5, 0.6) is 0 Å². The highest BCUT2D eigenvalue weighted by molar-refractivity contribution is 6.36. The van der Waals surface area contributed by atoms with E-state index in [1.54, 1.807) is 30.3 Å². The standard InChI is InChI=1S/C17H15Cl2N3O2/c1-2-8-20-17(24)11-6-7-15(21-9-11)22-10-14(23)16-12(18)4-3-5-13(16)19/h1,3-7,9,14,23H,8,10H2,(H,20,24)(H,21,22). The molecule has 0 bridgehead atoms. The molecule has 0 fully saturated rings. The molecule has 1 amide bonds. The van der Waals surface area contributed by atoms with Crippen LogP contribution in [0.25, 0.3) is 0 Å². The molecule has 0 spiro atoms. The van der Waals surface area contributed by atoms with Crippen molar-refractivity contribution < 1.29 is 9.90 Å². The van der Waals surface area contributed by atoms with Crippen molar-refractivity contribution in [2.24, 2.45) is 0 Å². The fourth-order valence-electron chi connectivity index (χ4n) is 2.00. The van der Waals surface area contributed by atoms with Gasteiger partial charge in [-0.15, -0.1) is 6.42 Å². The summed E-state index contributed by atoms with van der Waals surface area (Å²) >= 11 is 12.1. The summed E-state index contributed by atoms with van der Waals surface area (Å²) in [7, 11) is 0. The van der Waals surface area contributed by atoms with Crippen LogP contribution in [-0.4, -0.2) is 29.1 Å². The zero-order valence-corrected chi connectivity index (χ0v) is 14.1. The molecule has 1 heterocycles. The molecule has 24 heavy (non-hydrogen) atoms. The van der Waals surface area contributed by atoms with Gasteiger partial charge in [-0.25, -0.2) is 4.98 Å². The Morgan fingerprint density at radius 3 is 2.58 bits per heavy atom. The van der Waals surface area contributed by atoms with Crippen molar-refractivity contribution in [1.29, 1.82) is 0 Å². The van der Waals surface area contributed by atoms with E-state index in [2.05, 4.69) is 21.5 Å². The second-order valence-electron chi connectivity index (χ2n) is 4.85. The average molecular weight is 364 g/mol. The molecule has 0 aliphatic carbocycles. The van der Waals surface area contributed by atoms with Gasteiger partial charge >= 0.3 is 0 Å². The molecule has 0 aliphatic rings. The summed E-state index contributed by atoms with van der Waals surface area (Å²) in [6.07, 6.45) is 5.61. The highest BCUT2D eigenvalue weighted by atomic mass is 35.5. The number of pyridine rings is 1. The summed E-state index contributed by atoms with van der Waals surface area (Å²) < 4.78 is 0. The van der Waals surface area contributed by atoms with E-state index >= 15 is 0 Å². The number of aliphatic hydroxyl groups excluding tert-OH is 1. The maximum Gasteiger partial charge on any atom is 0.253 e. The molecule has 0 radical (unpaired) electrons. The Morgan fingerprint density at radius 2 is 2.00 bits per heavy atom. The van der Waals surface area contributed by atoms with Crippen LogP contribution in [0.3, 0.4) is 0 Å². The molecule has 2 rings (SSSR count). The molecule has 1 aromatic carbocycles. The van der Waals surface area contributed by atoms with Crippen LogP contribution >= 0.6 is 23.2 Å². The van der Waals surface area contributed by atoms with Crippen LogP contribution in [0, 0.1) is 12.3 Å². The Hall–Kier alpha value is -2.26. The van der Waals surface area contributed by atoms with Crippen molar-refractivity contribution >= 4 is 34.9 Å². The van der Waals surface area contributed by atoms with E-state index in [4.69, 9.17) is 29.6 Å². The van der Waals surface area contributed by atoms with Gasteiger partial charge in [0.15, 0.2) is 0 Å². The zero-order valence-electron chi connectivity index (χ0n) is 12.6. The highest BCUT2D eigenvalue weighted by Crippen LogP contribution is 2.30. The van der Waals surface area contributed by atoms with Crippen LogP contribution in [0.2, 0.25) is 10.0 Å². The SMILES string of the molecule is C#CCNC(=O)c1ccc(NCC(O)c2c(Cl)cccc2Cl)nc1. The smallest absolute Gasteiger partial charge is 0.253 e. The number of aliphatic hydroxyl groups is 1. The molecule has 1 atom stereocenters. The molecule has 2 aromatic rings. The second kappa shape index (κ2) is 8.55. The summed E-state index contributed by atoms with van der Waals surface area (Å²) in [5, 5.41) is 16.5. The third-order valence-electron chi connectivity index (χ3n) is 3.19. The van der Waals surface area contributed by atoms with Crippen molar-refractivity contribution in [3.05, 3.63) is 57.7 Å². The second-order valence-corrected chi connectivity index (χ2v) is 5.67. The lowest BCUT2D eigenvalue weighted by Crippen LogP contribution is -2.23. The number of rotatable bonds is 6. The number of carbonyl (C=O) groups is 1. The number of carbonyl (C=O) groups excluding carboxylic acids is 1. The fourth-order valence-corrected chi connectivity index (χ4v) is 2.65. The minimum Gasteiger partial charge on any atom is -0.386 e. The molecule has 1 aromatic heterocycles. The normalized spacial score (nSPS) is 11.4. The van der Waals surface area contributed by atoms with E-state index in [9.17, 15) is 9.90 Å². The topological polar surface area (TPSA) is 74.2 Å². The Labute approximate surface area is 150 Å². The van der Waals surface area contributed by atoms with Gasteiger partial charge in [0, 0.05) is 28.4 Å². The molecule has 0 saturated carbocycles. The predicted molar refractivity (Wildman–Crippen MR) is 95.3 cm³/mol. The molecule has 0 aliphatic heterocycles. The molecular weight excluding hydrogens is 349 g/mol. The average Bonchev–Trinajstić information content (AvgIpc) is 2.58. The number of benzene rings is 1. The lowest BCUT2D eigenvalue weighted by Gasteiger charge is -2.15. The first-order chi connectivity index (χ1) is 11.5. The third kappa shape index (κ3) is 4.62. The van der Waals surface area contributed by atoms with Gasteiger partial charge in [0.1, 0.15) is 5.82 Å². The zero-order chi connectivity index (χ0) is 17.5. The van der Waals surface area contributed by atoms with Gasteiger partial charge in [0.25, 0.3) is 5.91 Å². The van der Waals surface area contributed by atoms with Gasteiger partial charge in [0.05, 0.1) is 18.2 Å². The number of nitrogens with one attached hydrogen (secondary N) is 2. The summed E-state index contributed by atoms with van der Waals surface area (Å²) in [6.45, 7) is 0.322. The predicted octanol–water partition coefficient (Wildman–Crippen LogP) is 2.90. The minimum atomic E-state index is -0.897. The van der Waals surface area contributed by atoms with Crippen molar-refractivity contribution in [1.82, 2.24) is 10.3 Å². The van der Waals surface area contributed by atoms with E-state index in [0.29, 0.717) is 27.0 Å². The molecule has 3 N–H and O–H groups in total. The number of hydrogen-bond acceptors (Lipinski definition) is 4. The molecule has 1 unspecified atom stereocenters. The first-order valence-electron chi connectivity index (χ1n) is 7.06. The van der Waals surface area contributed by atoms with E-state index in [0.717, 1.165) is 0 Å². The van der Waals surface area contributed by atoms with Crippen molar-refractivity contribution in [2.75, 3.05) is 18.4 Å². The molecule has 7 heteroatoms. The van der Waals surface area contributed by atoms with Crippen LogP contribution in [0.1, 0.15) is 22.0 Å². The van der Waals surface area contributed by atoms with Crippen LogP contribution in [-0.2, 0) is 0 Å². The van der Waals surface area contributed by atoms with Gasteiger partial charge in [-0.3, -0.25) is 4.79 Å². The number of amides is 1. The Kier molecular flexibility index (Phi) is 6.44. The van der Waals surface area contributed by atoms with Crippen molar-refractivity contribution in [3.63, 3.8) is 0 Å². The largest absolute Gasteiger partial charge is 0.386 e. The van der Waals surface area contributed by atoms with Gasteiger partial charge in [-0.05, 0) is 24.3 Å². The number of halogens is 2. The number of hydrogen-bond donors (Lipinski definition) is 3. The number of nitrogens with zero attached hydrogens (tertiary/aromatic N) is 1. The summed E-state index contributed by atoms with van der Waals surface area (Å²) in [5.74, 6) is 2.53. The number of aromatic nitrogens is 1. The van der Waals surface area contributed by atoms with Gasteiger partial charge in [-0.2, -0.15) is 0 Å². The lowest BCUT2D eigenvalue weighted by molar-refractivity contribution is 0.0958. The Morgan fingerprint density at radius 1 is 1.29 bits per heavy atom. The fraction of sp³-hybridized carbons (Fsp3) is 0.176. The van der Waals surface area contributed by atoms with E-state index in [1.807, 2.05) is 0 Å². The van der Waals surface area contributed by atoms with Crippen LogP contribution in [0.15, 0.2) is 36.5 Å². The number of anilines is 1. The Balaban J connectivity index is 1.97. The van der Waals surface area contributed by atoms with E-state index in [-0.39, 0.29) is 19.0 Å². The quantitative estimate of drug-likeness (QED) is 0.689. The van der Waals surface area contributed by atoms with Gasteiger partial charge in [-0.1, -0.05) is 35.2 Å². The third-order valence-corrected chi connectivity index (χ3v) is 3.85. The summed E-state index contributed by atoms with van der Waals surface area (Å²) in [4.78, 5) is 15.8. The first kappa shape index (κ1) is 18.1. The Bertz CT molecular complexity index is 737. The number of terminal acetylenes is 1. The van der Waals surface area contributed by atoms with Crippen LogP contribution < -0.4 is 10.6 Å². The highest BCUT2D eigenvalue weighted by Gasteiger charge is 2.15. The maximum absolute atomic E-state index is 11.7. The van der Waals surface area contributed by atoms with E-state index in [1.165, 1.54) is 6.20 Å². The van der Waals surface area contributed by atoms with E-state index < -0.39 is 6.10 Å². The van der Waals surface area contributed by atoms with Crippen molar-refractivity contribution in [3.8, 4) is 12.3 Å². The monoisotopic (exact) mass is 363 g/mol. The lowest BCUT2D eigenvalue weighted by atomic mass is 10.1. The summed E-state index contributed by atoms with van der Waals surface area (Å²) in [5.41, 5.74) is 0.851. The first-order valence-corrected chi connectivity index (χ1v) is 7.82. The van der Waals surface area contributed by atoms with Gasteiger partial charge < -0.3 is 15.7 Å². The molecule has 5 nitrogen and oxygen atoms in total. The minimum absolute atomic E-state index is 0.156. The molecular formula is C17H15Cl2N3O2. The van der Waals surface area contributed by atoms with Crippen molar-refractivity contribution in [2.45, 2.75) is 6.10 Å². The maximum atomic E-state index is 11.7. The van der Waals surface area contributed by atoms with Crippen LogP contribution in [0.4, 0.5) is 5.82 Å². The van der Waals surface area contributed by atoms with Gasteiger partial charge in [0.2, 0.25) is 0 Å². The molecule has 124 valence electrons. The molecule has 0 saturated heterocycles.